The van der Waals surface area contributed by atoms with Gasteiger partial charge in [-0.3, -0.25) is 14.4 Å². The monoisotopic (exact) mass is 558 g/mol. The van der Waals surface area contributed by atoms with Crippen LogP contribution in [0.3, 0.4) is 0 Å². The third kappa shape index (κ3) is 6.11. The molecule has 2 amide bonds. The van der Waals surface area contributed by atoms with Crippen molar-refractivity contribution in [3.05, 3.63) is 58.7 Å². The van der Waals surface area contributed by atoms with Crippen LogP contribution < -0.4 is 10.1 Å². The van der Waals surface area contributed by atoms with Crippen LogP contribution >= 0.6 is 0 Å². The highest BCUT2D eigenvalue weighted by atomic mass is 19.1. The first-order valence-electron chi connectivity index (χ1n) is 13.5. The molecule has 4 rings (SSSR count). The third-order valence-corrected chi connectivity index (χ3v) is 7.73. The van der Waals surface area contributed by atoms with Gasteiger partial charge in [-0.2, -0.15) is 0 Å². The van der Waals surface area contributed by atoms with Crippen molar-refractivity contribution in [2.75, 3.05) is 32.2 Å². The lowest BCUT2D eigenvalue weighted by molar-refractivity contribution is -0.149. The molecule has 10 heteroatoms. The van der Waals surface area contributed by atoms with E-state index in [0.717, 1.165) is 17.7 Å². The Hall–Kier alpha value is -3.53. The summed E-state index contributed by atoms with van der Waals surface area (Å²) in [5, 5.41) is 11.7. The van der Waals surface area contributed by atoms with E-state index in [1.807, 2.05) is 13.0 Å². The molecule has 2 aromatic rings. The minimum Gasteiger partial charge on any atom is -0.494 e. The summed E-state index contributed by atoms with van der Waals surface area (Å²) in [6.07, 6.45) is 1.40. The summed E-state index contributed by atoms with van der Waals surface area (Å²) < 4.78 is 40.9. The number of carbonyl (C=O) groups is 3. The molecule has 1 fully saturated rings. The Balaban J connectivity index is 1.62. The minimum absolute atomic E-state index is 0.00500. The molecular weight excluding hydrogens is 522 g/mol. The Morgan fingerprint density at radius 2 is 1.80 bits per heavy atom. The Morgan fingerprint density at radius 1 is 1.12 bits per heavy atom. The van der Waals surface area contributed by atoms with Crippen molar-refractivity contribution in [3.63, 3.8) is 0 Å². The second kappa shape index (κ2) is 11.9. The molecule has 216 valence electrons. The smallest absolute Gasteiger partial charge is 0.303 e. The van der Waals surface area contributed by atoms with Crippen LogP contribution in [0.4, 0.5) is 14.5 Å². The van der Waals surface area contributed by atoms with Gasteiger partial charge >= 0.3 is 5.97 Å². The fourth-order valence-corrected chi connectivity index (χ4v) is 5.90. The number of hydrogen-bond acceptors (Lipinski definition) is 5. The molecule has 0 bridgehead atoms. The zero-order valence-corrected chi connectivity index (χ0v) is 23.3. The second-order valence-electron chi connectivity index (χ2n) is 11.2. The van der Waals surface area contributed by atoms with Crippen molar-refractivity contribution in [2.45, 2.75) is 57.9 Å². The normalized spacial score (nSPS) is 20.4. The lowest BCUT2D eigenvalue weighted by atomic mass is 9.72. The number of benzene rings is 2. The number of ether oxygens (including phenoxy) is 2. The van der Waals surface area contributed by atoms with Crippen LogP contribution in [0, 0.1) is 23.5 Å². The zero-order chi connectivity index (χ0) is 29.2. The number of anilines is 1. The quantitative estimate of drug-likeness (QED) is 0.432. The first kappa shape index (κ1) is 29.5. The average Bonchev–Trinajstić information content (AvgIpc) is 2.84. The molecule has 8 nitrogen and oxygen atoms in total. The molecule has 2 aliphatic rings. The van der Waals surface area contributed by atoms with Crippen LogP contribution in [-0.2, 0) is 31.0 Å². The van der Waals surface area contributed by atoms with E-state index >= 15 is 8.78 Å². The second-order valence-corrected chi connectivity index (χ2v) is 11.2. The van der Waals surface area contributed by atoms with Gasteiger partial charge in [0.25, 0.3) is 5.91 Å². The van der Waals surface area contributed by atoms with Crippen molar-refractivity contribution in [1.29, 1.82) is 0 Å². The molecule has 0 radical (unpaired) electrons. The van der Waals surface area contributed by atoms with E-state index < -0.39 is 35.0 Å². The molecule has 2 N–H and O–H groups in total. The van der Waals surface area contributed by atoms with Crippen molar-refractivity contribution in [3.8, 4) is 5.75 Å². The lowest BCUT2D eigenvalue weighted by Crippen LogP contribution is -2.50. The van der Waals surface area contributed by atoms with Gasteiger partial charge in [-0.25, -0.2) is 8.78 Å². The number of fused-ring (bicyclic) bond motifs is 1. The highest BCUT2D eigenvalue weighted by Crippen LogP contribution is 2.41. The largest absolute Gasteiger partial charge is 0.494 e. The number of halogens is 2. The number of aliphatic carboxylic acids is 1. The summed E-state index contributed by atoms with van der Waals surface area (Å²) in [7, 11) is 1.45. The molecule has 0 saturated heterocycles. The summed E-state index contributed by atoms with van der Waals surface area (Å²) in [5.41, 5.74) is 0.322. The standard InChI is InChI=1S/C30H36F2N2O6/c1-5-40-21-6-7-22-18(13-21)8-9-34(29(38)19-10-17(11-19)12-25(35)36)27(22)28(37)33-20-14-23(31)26(24(32)15-20)30(2,3)16-39-4/h6-7,13-15,17,19,27H,5,8-12,16H2,1-4H3,(H,33,37)(H,35,36)/t17?,19?,27-/m1/s1. The van der Waals surface area contributed by atoms with Crippen LogP contribution in [0.15, 0.2) is 30.3 Å². The van der Waals surface area contributed by atoms with Gasteiger partial charge in [0.05, 0.1) is 13.2 Å². The number of carbonyl (C=O) groups excluding carboxylic acids is 2. The first-order valence-corrected chi connectivity index (χ1v) is 13.5. The van der Waals surface area contributed by atoms with Crippen LogP contribution in [0.25, 0.3) is 0 Å². The molecule has 1 aliphatic heterocycles. The Bertz CT molecular complexity index is 1270. The van der Waals surface area contributed by atoms with E-state index in [4.69, 9.17) is 14.6 Å². The minimum atomic E-state index is -1.03. The van der Waals surface area contributed by atoms with Crippen molar-refractivity contribution >= 4 is 23.5 Å². The highest BCUT2D eigenvalue weighted by molar-refractivity contribution is 5.99. The first-order chi connectivity index (χ1) is 18.9. The summed E-state index contributed by atoms with van der Waals surface area (Å²) in [6.45, 7) is 6.04. The number of nitrogens with one attached hydrogen (secondary N) is 1. The number of amides is 2. The number of carboxylic acids is 1. The average molecular weight is 559 g/mol. The maximum atomic E-state index is 15.1. The molecular formula is C30H36F2N2O6. The highest BCUT2D eigenvalue weighted by Gasteiger charge is 2.43. The van der Waals surface area contributed by atoms with E-state index in [9.17, 15) is 14.4 Å². The van der Waals surface area contributed by atoms with Crippen LogP contribution in [0.1, 0.15) is 62.8 Å². The van der Waals surface area contributed by atoms with Gasteiger partial charge in [-0.1, -0.05) is 19.9 Å². The van der Waals surface area contributed by atoms with E-state index in [1.165, 1.54) is 12.0 Å². The molecule has 1 atom stereocenters. The summed E-state index contributed by atoms with van der Waals surface area (Å²) in [4.78, 5) is 39.8. The van der Waals surface area contributed by atoms with E-state index in [1.54, 1.807) is 26.0 Å². The van der Waals surface area contributed by atoms with Gasteiger partial charge in [-0.05, 0) is 67.5 Å². The van der Waals surface area contributed by atoms with Gasteiger partial charge in [0.2, 0.25) is 5.91 Å². The van der Waals surface area contributed by atoms with Crippen LogP contribution in [-0.4, -0.2) is 54.7 Å². The zero-order valence-electron chi connectivity index (χ0n) is 23.3. The molecule has 2 aromatic carbocycles. The van der Waals surface area contributed by atoms with E-state index in [-0.39, 0.29) is 48.6 Å². The van der Waals surface area contributed by atoms with Crippen molar-refractivity contribution in [1.82, 2.24) is 4.90 Å². The number of rotatable bonds is 10. The van der Waals surface area contributed by atoms with Crippen molar-refractivity contribution in [2.24, 2.45) is 11.8 Å². The van der Waals surface area contributed by atoms with Gasteiger partial charge in [-0.15, -0.1) is 0 Å². The van der Waals surface area contributed by atoms with Crippen molar-refractivity contribution < 1.29 is 37.7 Å². The Kier molecular flexibility index (Phi) is 8.77. The van der Waals surface area contributed by atoms with Crippen LogP contribution in [0.2, 0.25) is 0 Å². The fraction of sp³-hybridized carbons (Fsp3) is 0.500. The Labute approximate surface area is 232 Å². The number of methoxy groups -OCH3 is 1. The third-order valence-electron chi connectivity index (χ3n) is 7.73. The number of carboxylic acid groups (broad SMARTS) is 1. The van der Waals surface area contributed by atoms with Gasteiger partial charge in [0, 0.05) is 42.7 Å². The van der Waals surface area contributed by atoms with Gasteiger partial charge < -0.3 is 24.8 Å². The summed E-state index contributed by atoms with van der Waals surface area (Å²) in [6, 6.07) is 6.44. The predicted molar refractivity (Wildman–Crippen MR) is 144 cm³/mol. The molecule has 0 aromatic heterocycles. The maximum Gasteiger partial charge on any atom is 0.303 e. The van der Waals surface area contributed by atoms with Crippen LogP contribution in [0.5, 0.6) is 5.75 Å². The molecule has 1 saturated carbocycles. The topological polar surface area (TPSA) is 105 Å². The van der Waals surface area contributed by atoms with E-state index in [2.05, 4.69) is 5.32 Å². The molecule has 40 heavy (non-hydrogen) atoms. The lowest BCUT2D eigenvalue weighted by Gasteiger charge is -2.42. The SMILES string of the molecule is CCOc1ccc2c(c1)CCN(C(=O)C1CC(CC(=O)O)C1)[C@H]2C(=O)Nc1cc(F)c(C(C)(C)COC)c(F)c1. The number of nitrogens with zero attached hydrogens (tertiary/aromatic N) is 1. The fourth-order valence-electron chi connectivity index (χ4n) is 5.90. The van der Waals surface area contributed by atoms with Gasteiger partial charge in [0.15, 0.2) is 0 Å². The summed E-state index contributed by atoms with van der Waals surface area (Å²) >= 11 is 0. The van der Waals surface area contributed by atoms with Gasteiger partial charge in [0.1, 0.15) is 23.4 Å². The molecule has 1 aliphatic carbocycles. The predicted octanol–water partition coefficient (Wildman–Crippen LogP) is 4.85. The van der Waals surface area contributed by atoms with E-state index in [0.29, 0.717) is 37.2 Å². The molecule has 1 heterocycles. The maximum absolute atomic E-state index is 15.1. The summed E-state index contributed by atoms with van der Waals surface area (Å²) in [5.74, 6) is -3.14. The Morgan fingerprint density at radius 3 is 2.40 bits per heavy atom. The molecule has 0 unspecified atom stereocenters. The number of hydrogen-bond donors (Lipinski definition) is 2. The molecule has 0 spiro atoms.